The second-order valence-corrected chi connectivity index (χ2v) is 6.76. The van der Waals surface area contributed by atoms with Gasteiger partial charge in [-0.3, -0.25) is 9.78 Å². The third-order valence-electron chi connectivity index (χ3n) is 4.27. The lowest BCUT2D eigenvalue weighted by molar-refractivity contribution is -0.274. The number of nitrogens with zero attached hydrogens (tertiary/aromatic N) is 2. The van der Waals surface area contributed by atoms with Gasteiger partial charge in [-0.15, -0.1) is 13.2 Å². The second-order valence-electron chi connectivity index (χ2n) is 6.33. The van der Waals surface area contributed by atoms with Gasteiger partial charge in [0.1, 0.15) is 17.3 Å². The van der Waals surface area contributed by atoms with Gasteiger partial charge in [-0.05, 0) is 36.4 Å². The molecule has 1 amide bonds. The number of alkyl halides is 3. The van der Waals surface area contributed by atoms with Crippen LogP contribution in [0.2, 0.25) is 5.02 Å². The molecule has 10 heteroatoms. The molecule has 0 saturated heterocycles. The number of carbonyl (C=O) groups excluding carboxylic acids is 1. The van der Waals surface area contributed by atoms with Crippen LogP contribution in [0.4, 0.5) is 23.2 Å². The van der Waals surface area contributed by atoms with Gasteiger partial charge < -0.3 is 14.4 Å². The van der Waals surface area contributed by atoms with Crippen LogP contribution in [0.15, 0.2) is 54.9 Å². The first-order valence-corrected chi connectivity index (χ1v) is 9.09. The van der Waals surface area contributed by atoms with Gasteiger partial charge in [-0.25, -0.2) is 4.39 Å². The molecule has 0 N–H and O–H groups in total. The topological polar surface area (TPSA) is 51.7 Å². The van der Waals surface area contributed by atoms with Gasteiger partial charge in [-0.2, -0.15) is 0 Å². The number of methoxy groups -OCH3 is 1. The lowest BCUT2D eigenvalue weighted by Gasteiger charge is -2.22. The first kappa shape index (κ1) is 22.4. The van der Waals surface area contributed by atoms with Crippen LogP contribution in [0.5, 0.6) is 11.5 Å². The lowest BCUT2D eigenvalue weighted by atomic mass is 10.0. The van der Waals surface area contributed by atoms with Crippen LogP contribution >= 0.6 is 11.6 Å². The van der Waals surface area contributed by atoms with Crippen LogP contribution in [0.25, 0.3) is 11.1 Å². The van der Waals surface area contributed by atoms with Crippen LogP contribution in [-0.4, -0.2) is 31.4 Å². The zero-order valence-corrected chi connectivity index (χ0v) is 17.0. The summed E-state index contributed by atoms with van der Waals surface area (Å²) < 4.78 is 60.4. The number of ether oxygens (including phenoxy) is 2. The number of hydrogen-bond donors (Lipinski definition) is 0. The van der Waals surface area contributed by atoms with E-state index in [1.54, 1.807) is 6.07 Å². The third-order valence-corrected chi connectivity index (χ3v) is 4.49. The van der Waals surface area contributed by atoms with Crippen LogP contribution < -0.4 is 14.4 Å². The molecular weight excluding hydrogens is 440 g/mol. The number of amides is 1. The summed E-state index contributed by atoms with van der Waals surface area (Å²) in [4.78, 5) is 18.2. The van der Waals surface area contributed by atoms with Crippen molar-refractivity contribution in [2.75, 3.05) is 19.1 Å². The van der Waals surface area contributed by atoms with E-state index in [1.807, 2.05) is 0 Å². The molecule has 3 rings (SSSR count). The second kappa shape index (κ2) is 8.81. The van der Waals surface area contributed by atoms with E-state index in [1.165, 1.54) is 55.7 Å². The fourth-order valence-electron chi connectivity index (χ4n) is 2.95. The Bertz CT molecular complexity index is 1120. The highest BCUT2D eigenvalue weighted by Crippen LogP contribution is 2.37. The van der Waals surface area contributed by atoms with E-state index in [4.69, 9.17) is 16.3 Å². The standard InChI is InChI=1S/C21H15ClF4N2O3/c1-28(20(29)12-7-13(22)9-15(8-12)31-21(24,25)26)18-11-27-6-5-16(18)17-4-3-14(23)10-19(17)30-2/h3-11H,1-2H3. The number of pyridine rings is 1. The summed E-state index contributed by atoms with van der Waals surface area (Å²) in [6.45, 7) is 0. The van der Waals surface area contributed by atoms with Crippen molar-refractivity contribution < 1.29 is 31.8 Å². The van der Waals surface area contributed by atoms with E-state index in [-0.39, 0.29) is 16.3 Å². The minimum atomic E-state index is -4.94. The van der Waals surface area contributed by atoms with Crippen molar-refractivity contribution in [2.24, 2.45) is 0 Å². The molecule has 0 aliphatic carbocycles. The Morgan fingerprint density at radius 1 is 1.10 bits per heavy atom. The molecule has 1 heterocycles. The summed E-state index contributed by atoms with van der Waals surface area (Å²) in [5, 5.41) is -0.106. The van der Waals surface area contributed by atoms with Gasteiger partial charge in [0.2, 0.25) is 0 Å². The first-order chi connectivity index (χ1) is 14.6. The third kappa shape index (κ3) is 5.24. The van der Waals surface area contributed by atoms with Crippen LogP contribution in [-0.2, 0) is 0 Å². The van der Waals surface area contributed by atoms with E-state index in [0.29, 0.717) is 16.8 Å². The SMILES string of the molecule is COc1cc(F)ccc1-c1ccncc1N(C)C(=O)c1cc(Cl)cc(OC(F)(F)F)c1. The average Bonchev–Trinajstić information content (AvgIpc) is 2.71. The van der Waals surface area contributed by atoms with E-state index >= 15 is 0 Å². The molecule has 2 aromatic carbocycles. The Hall–Kier alpha value is -3.33. The molecule has 3 aromatic rings. The molecule has 0 radical (unpaired) electrons. The molecule has 0 bridgehead atoms. The van der Waals surface area contributed by atoms with Crippen molar-refractivity contribution in [3.63, 3.8) is 0 Å². The average molecular weight is 455 g/mol. The Morgan fingerprint density at radius 3 is 2.52 bits per heavy atom. The monoisotopic (exact) mass is 454 g/mol. The molecule has 5 nitrogen and oxygen atoms in total. The summed E-state index contributed by atoms with van der Waals surface area (Å²) in [6.07, 6.45) is -2.06. The van der Waals surface area contributed by atoms with Gasteiger partial charge in [0.05, 0.1) is 19.0 Å². The van der Waals surface area contributed by atoms with Crippen LogP contribution in [0.3, 0.4) is 0 Å². The van der Waals surface area contributed by atoms with Crippen LogP contribution in [0.1, 0.15) is 10.4 Å². The van der Waals surface area contributed by atoms with Gasteiger partial charge in [-0.1, -0.05) is 11.6 Å². The summed E-state index contributed by atoms with van der Waals surface area (Å²) in [6, 6.07) is 8.63. The molecule has 1 aromatic heterocycles. The molecule has 0 unspecified atom stereocenters. The Balaban J connectivity index is 2.02. The summed E-state index contributed by atoms with van der Waals surface area (Å²) in [7, 11) is 2.80. The highest BCUT2D eigenvalue weighted by molar-refractivity contribution is 6.31. The summed E-state index contributed by atoms with van der Waals surface area (Å²) in [5.41, 5.74) is 1.18. The number of benzene rings is 2. The summed E-state index contributed by atoms with van der Waals surface area (Å²) in [5.74, 6) is -1.55. The predicted octanol–water partition coefficient (Wildman–Crippen LogP) is 5.72. The van der Waals surface area contributed by atoms with Crippen LogP contribution in [0, 0.1) is 5.82 Å². The molecule has 162 valence electrons. The molecule has 31 heavy (non-hydrogen) atoms. The number of aromatic nitrogens is 1. The number of anilines is 1. The minimum absolute atomic E-state index is 0.106. The molecule has 0 aliphatic heterocycles. The Morgan fingerprint density at radius 2 is 1.84 bits per heavy atom. The molecule has 0 aliphatic rings. The molecule has 0 fully saturated rings. The van der Waals surface area contributed by atoms with Crippen molar-refractivity contribution in [1.29, 1.82) is 0 Å². The maximum atomic E-state index is 13.6. The highest BCUT2D eigenvalue weighted by Gasteiger charge is 2.32. The largest absolute Gasteiger partial charge is 0.573 e. The van der Waals surface area contributed by atoms with Crippen molar-refractivity contribution in [2.45, 2.75) is 6.36 Å². The maximum absolute atomic E-state index is 13.6. The smallest absolute Gasteiger partial charge is 0.496 e. The molecule has 0 atom stereocenters. The number of carbonyl (C=O) groups is 1. The predicted molar refractivity (Wildman–Crippen MR) is 107 cm³/mol. The van der Waals surface area contributed by atoms with Crippen molar-refractivity contribution in [3.05, 3.63) is 71.3 Å². The van der Waals surface area contributed by atoms with Crippen molar-refractivity contribution in [1.82, 2.24) is 4.98 Å². The Kier molecular flexibility index (Phi) is 6.35. The number of hydrogen-bond acceptors (Lipinski definition) is 4. The Labute approximate surface area is 179 Å². The fraction of sp³-hybridized carbons (Fsp3) is 0.143. The van der Waals surface area contributed by atoms with Gasteiger partial charge in [0.25, 0.3) is 5.91 Å². The number of halogens is 5. The van der Waals surface area contributed by atoms with Crippen molar-refractivity contribution in [3.8, 4) is 22.6 Å². The highest BCUT2D eigenvalue weighted by atomic mass is 35.5. The van der Waals surface area contributed by atoms with Gasteiger partial charge in [0.15, 0.2) is 0 Å². The van der Waals surface area contributed by atoms with E-state index in [9.17, 15) is 22.4 Å². The van der Waals surface area contributed by atoms with Gasteiger partial charge in [0, 0.05) is 41.0 Å². The molecule has 0 saturated carbocycles. The number of rotatable bonds is 5. The van der Waals surface area contributed by atoms with E-state index < -0.39 is 23.8 Å². The zero-order valence-electron chi connectivity index (χ0n) is 16.2. The van der Waals surface area contributed by atoms with E-state index in [2.05, 4.69) is 9.72 Å². The normalized spacial score (nSPS) is 11.2. The zero-order chi connectivity index (χ0) is 22.8. The quantitative estimate of drug-likeness (QED) is 0.462. The van der Waals surface area contributed by atoms with Gasteiger partial charge >= 0.3 is 6.36 Å². The first-order valence-electron chi connectivity index (χ1n) is 8.71. The maximum Gasteiger partial charge on any atom is 0.573 e. The molecular formula is C21H15ClF4N2O3. The summed E-state index contributed by atoms with van der Waals surface area (Å²) >= 11 is 5.87. The molecule has 0 spiro atoms. The fourth-order valence-corrected chi connectivity index (χ4v) is 3.18. The van der Waals surface area contributed by atoms with E-state index in [0.717, 1.165) is 12.1 Å². The lowest BCUT2D eigenvalue weighted by Crippen LogP contribution is -2.27. The van der Waals surface area contributed by atoms with Crippen molar-refractivity contribution >= 4 is 23.2 Å². The minimum Gasteiger partial charge on any atom is -0.496 e.